The fraction of sp³-hybridized carbons (Fsp3) is 0.0714. The van der Waals surface area contributed by atoms with Crippen molar-refractivity contribution in [2.45, 2.75) is 4.90 Å². The van der Waals surface area contributed by atoms with Crippen LogP contribution >= 0.6 is 23.4 Å². The zero-order chi connectivity index (χ0) is 12.3. The van der Waals surface area contributed by atoms with Crippen LogP contribution in [0.15, 0.2) is 53.4 Å². The van der Waals surface area contributed by atoms with Gasteiger partial charge in [0, 0.05) is 16.0 Å². The summed E-state index contributed by atoms with van der Waals surface area (Å²) in [6.45, 7) is 0. The molecule has 0 N–H and O–H groups in total. The van der Waals surface area contributed by atoms with E-state index >= 15 is 0 Å². The number of thioether (sulfide) groups is 1. The average molecular weight is 263 g/mol. The highest BCUT2D eigenvalue weighted by Gasteiger charge is 2.10. The van der Waals surface area contributed by atoms with Crippen molar-refractivity contribution in [2.75, 3.05) is 6.26 Å². The molecule has 0 saturated heterocycles. The molecule has 86 valence electrons. The van der Waals surface area contributed by atoms with Crippen LogP contribution in [0, 0.1) is 0 Å². The molecule has 0 radical (unpaired) electrons. The van der Waals surface area contributed by atoms with Gasteiger partial charge in [-0.1, -0.05) is 41.9 Å². The minimum Gasteiger partial charge on any atom is -0.289 e. The minimum absolute atomic E-state index is 0.000142. The lowest BCUT2D eigenvalue weighted by atomic mass is 10.0. The monoisotopic (exact) mass is 262 g/mol. The summed E-state index contributed by atoms with van der Waals surface area (Å²) in [5.74, 6) is 0.000142. The Balaban J connectivity index is 2.35. The van der Waals surface area contributed by atoms with Gasteiger partial charge < -0.3 is 0 Å². The average Bonchev–Trinajstić information content (AvgIpc) is 2.39. The summed E-state index contributed by atoms with van der Waals surface area (Å²) in [7, 11) is 0. The number of halogens is 1. The zero-order valence-electron chi connectivity index (χ0n) is 9.31. The number of benzene rings is 2. The quantitative estimate of drug-likeness (QED) is 0.606. The van der Waals surface area contributed by atoms with E-state index in [4.69, 9.17) is 11.6 Å². The molecular formula is C14H11ClOS. The largest absolute Gasteiger partial charge is 0.289 e. The van der Waals surface area contributed by atoms with Crippen LogP contribution in [-0.4, -0.2) is 12.0 Å². The summed E-state index contributed by atoms with van der Waals surface area (Å²) < 4.78 is 0. The van der Waals surface area contributed by atoms with Gasteiger partial charge in [0.05, 0.1) is 5.02 Å². The van der Waals surface area contributed by atoms with Crippen LogP contribution in [0.4, 0.5) is 0 Å². The highest BCUT2D eigenvalue weighted by Crippen LogP contribution is 2.26. The van der Waals surface area contributed by atoms with E-state index in [2.05, 4.69) is 0 Å². The first-order valence-electron chi connectivity index (χ1n) is 5.15. The minimum atomic E-state index is 0.000142. The van der Waals surface area contributed by atoms with E-state index in [1.54, 1.807) is 30.0 Å². The van der Waals surface area contributed by atoms with E-state index in [9.17, 15) is 4.79 Å². The fourth-order valence-corrected chi connectivity index (χ4v) is 2.43. The maximum atomic E-state index is 12.1. The summed E-state index contributed by atoms with van der Waals surface area (Å²) in [6.07, 6.45) is 1.96. The van der Waals surface area contributed by atoms with Gasteiger partial charge in [0.25, 0.3) is 0 Å². The van der Waals surface area contributed by atoms with E-state index in [1.807, 2.05) is 36.6 Å². The molecule has 0 unspecified atom stereocenters. The van der Waals surface area contributed by atoms with Crippen LogP contribution in [0.2, 0.25) is 5.02 Å². The molecule has 2 rings (SSSR count). The topological polar surface area (TPSA) is 17.1 Å². The van der Waals surface area contributed by atoms with E-state index < -0.39 is 0 Å². The number of carbonyl (C=O) groups excluding carboxylic acids is 1. The SMILES string of the molecule is CSc1ccc(C(=O)c2ccccc2)cc1Cl. The van der Waals surface area contributed by atoms with Gasteiger partial charge in [0.1, 0.15) is 0 Å². The normalized spacial score (nSPS) is 10.2. The van der Waals surface area contributed by atoms with Gasteiger partial charge in [-0.25, -0.2) is 0 Å². The van der Waals surface area contributed by atoms with Gasteiger partial charge in [-0.2, -0.15) is 0 Å². The summed E-state index contributed by atoms with van der Waals surface area (Å²) in [5, 5.41) is 0.624. The zero-order valence-corrected chi connectivity index (χ0v) is 10.9. The number of rotatable bonds is 3. The Morgan fingerprint density at radius 2 is 1.76 bits per heavy atom. The van der Waals surface area contributed by atoms with Gasteiger partial charge in [-0.3, -0.25) is 4.79 Å². The third-order valence-corrected chi connectivity index (χ3v) is 3.67. The molecule has 3 heteroatoms. The third kappa shape index (κ3) is 2.71. The highest BCUT2D eigenvalue weighted by molar-refractivity contribution is 7.98. The summed E-state index contributed by atoms with van der Waals surface area (Å²) in [4.78, 5) is 13.1. The second kappa shape index (κ2) is 5.39. The molecule has 0 amide bonds. The van der Waals surface area contributed by atoms with E-state index in [0.717, 1.165) is 4.90 Å². The highest BCUT2D eigenvalue weighted by atomic mass is 35.5. The molecule has 2 aromatic carbocycles. The molecule has 0 aliphatic heterocycles. The lowest BCUT2D eigenvalue weighted by Gasteiger charge is -2.04. The molecule has 0 spiro atoms. The summed E-state index contributed by atoms with van der Waals surface area (Å²) in [6, 6.07) is 14.6. The van der Waals surface area contributed by atoms with Gasteiger partial charge in [-0.15, -0.1) is 11.8 Å². The van der Waals surface area contributed by atoms with Crippen molar-refractivity contribution in [2.24, 2.45) is 0 Å². The van der Waals surface area contributed by atoms with Gasteiger partial charge in [-0.05, 0) is 24.5 Å². The van der Waals surface area contributed by atoms with Crippen molar-refractivity contribution in [3.8, 4) is 0 Å². The lowest BCUT2D eigenvalue weighted by molar-refractivity contribution is 0.103. The first-order chi connectivity index (χ1) is 8.22. The Morgan fingerprint density at radius 1 is 1.06 bits per heavy atom. The van der Waals surface area contributed by atoms with E-state index in [-0.39, 0.29) is 5.78 Å². The molecule has 0 bridgehead atoms. The molecule has 0 heterocycles. The smallest absolute Gasteiger partial charge is 0.193 e. The molecule has 1 nitrogen and oxygen atoms in total. The summed E-state index contributed by atoms with van der Waals surface area (Å²) >= 11 is 7.66. The molecule has 17 heavy (non-hydrogen) atoms. The molecule has 0 saturated carbocycles. The third-order valence-electron chi connectivity index (χ3n) is 2.45. The van der Waals surface area contributed by atoms with Crippen molar-refractivity contribution >= 4 is 29.1 Å². The van der Waals surface area contributed by atoms with Crippen LogP contribution in [0.3, 0.4) is 0 Å². The van der Waals surface area contributed by atoms with Crippen molar-refractivity contribution in [3.63, 3.8) is 0 Å². The van der Waals surface area contributed by atoms with Crippen molar-refractivity contribution in [1.29, 1.82) is 0 Å². The number of hydrogen-bond acceptors (Lipinski definition) is 2. The Hall–Kier alpha value is -1.25. The number of ketones is 1. The molecular weight excluding hydrogens is 252 g/mol. The van der Waals surface area contributed by atoms with E-state index in [0.29, 0.717) is 16.1 Å². The van der Waals surface area contributed by atoms with Gasteiger partial charge >= 0.3 is 0 Å². The fourth-order valence-electron chi connectivity index (χ4n) is 1.56. The Morgan fingerprint density at radius 3 is 2.35 bits per heavy atom. The van der Waals surface area contributed by atoms with Crippen LogP contribution in [0.25, 0.3) is 0 Å². The van der Waals surface area contributed by atoms with Gasteiger partial charge in [0.15, 0.2) is 5.78 Å². The van der Waals surface area contributed by atoms with Crippen LogP contribution in [-0.2, 0) is 0 Å². The van der Waals surface area contributed by atoms with Crippen LogP contribution in [0.1, 0.15) is 15.9 Å². The number of hydrogen-bond donors (Lipinski definition) is 0. The summed E-state index contributed by atoms with van der Waals surface area (Å²) in [5.41, 5.74) is 1.31. The second-order valence-corrected chi connectivity index (χ2v) is 4.80. The van der Waals surface area contributed by atoms with Crippen molar-refractivity contribution in [3.05, 3.63) is 64.7 Å². The van der Waals surface area contributed by atoms with E-state index in [1.165, 1.54) is 0 Å². The number of carbonyl (C=O) groups is 1. The Labute approximate surface area is 110 Å². The molecule has 0 fully saturated rings. The first kappa shape index (κ1) is 12.2. The van der Waals surface area contributed by atoms with Crippen molar-refractivity contribution < 1.29 is 4.79 Å². The first-order valence-corrected chi connectivity index (χ1v) is 6.76. The molecule has 0 aliphatic rings. The molecule has 0 atom stereocenters. The maximum absolute atomic E-state index is 12.1. The molecule has 0 aromatic heterocycles. The van der Waals surface area contributed by atoms with Crippen LogP contribution < -0.4 is 0 Å². The van der Waals surface area contributed by atoms with Crippen molar-refractivity contribution in [1.82, 2.24) is 0 Å². The van der Waals surface area contributed by atoms with Gasteiger partial charge in [0.2, 0.25) is 0 Å². The molecule has 2 aromatic rings. The standard InChI is InChI=1S/C14H11ClOS/c1-17-13-8-7-11(9-12(13)15)14(16)10-5-3-2-4-6-10/h2-9H,1H3. The Bertz CT molecular complexity index is 537. The lowest BCUT2D eigenvalue weighted by Crippen LogP contribution is -2.00. The second-order valence-electron chi connectivity index (χ2n) is 3.54. The van der Waals surface area contributed by atoms with Crippen LogP contribution in [0.5, 0.6) is 0 Å². The predicted octanol–water partition coefficient (Wildman–Crippen LogP) is 4.29. The molecule has 0 aliphatic carbocycles. The predicted molar refractivity (Wildman–Crippen MR) is 73.1 cm³/mol. The maximum Gasteiger partial charge on any atom is 0.193 e. The Kier molecular flexibility index (Phi) is 3.87.